The molecule has 0 bridgehead atoms. The van der Waals surface area contributed by atoms with Gasteiger partial charge in [0.25, 0.3) is 0 Å². The minimum Gasteiger partial charge on any atom is -0.370 e. The minimum atomic E-state index is -4.42. The van der Waals surface area contributed by atoms with E-state index < -0.39 is 11.7 Å². The average Bonchev–Trinajstić information content (AvgIpc) is 2.55. The topological polar surface area (TPSA) is 25.4 Å². The van der Waals surface area contributed by atoms with E-state index in [1.54, 1.807) is 4.90 Å². The fourth-order valence-corrected chi connectivity index (χ4v) is 2.85. The molecule has 1 aliphatic heterocycles. The highest BCUT2D eigenvalue weighted by atomic mass is 19.4. The van der Waals surface area contributed by atoms with Crippen LogP contribution in [0.2, 0.25) is 0 Å². The van der Waals surface area contributed by atoms with E-state index in [0.29, 0.717) is 19.7 Å². The lowest BCUT2D eigenvalue weighted by Crippen LogP contribution is -2.40. The molecule has 6 heteroatoms. The lowest BCUT2D eigenvalue weighted by Gasteiger charge is -2.35. The van der Waals surface area contributed by atoms with Crippen molar-refractivity contribution in [3.63, 3.8) is 0 Å². The summed E-state index contributed by atoms with van der Waals surface area (Å²) >= 11 is 0. The number of anilines is 1. The quantitative estimate of drug-likeness (QED) is 0.836. The second-order valence-electron chi connectivity index (χ2n) is 5.53. The van der Waals surface area contributed by atoms with E-state index in [9.17, 15) is 13.2 Å². The second-order valence-corrected chi connectivity index (χ2v) is 5.53. The van der Waals surface area contributed by atoms with Crippen molar-refractivity contribution in [3.8, 4) is 0 Å². The number of aryl methyl sites for hydroxylation is 1. The lowest BCUT2D eigenvalue weighted by atomic mass is 10.0. The summed E-state index contributed by atoms with van der Waals surface area (Å²) in [5.74, 6) is -0.0260. The van der Waals surface area contributed by atoms with Crippen molar-refractivity contribution < 1.29 is 17.9 Å². The summed E-state index contributed by atoms with van der Waals surface area (Å²) in [5.41, 5.74) is 1.36. The number of morpholine rings is 1. The van der Waals surface area contributed by atoms with Crippen LogP contribution in [-0.4, -0.2) is 24.7 Å². The maximum Gasteiger partial charge on any atom is 0.419 e. The number of hydrogen-bond donors (Lipinski definition) is 0. The highest BCUT2D eigenvalue weighted by Crippen LogP contribution is 2.37. The number of rotatable bonds is 2. The largest absolute Gasteiger partial charge is 0.419 e. The molecular formula is C17H17F3N2O. The molecule has 2 heterocycles. The first kappa shape index (κ1) is 15.8. The van der Waals surface area contributed by atoms with Gasteiger partial charge in [0.05, 0.1) is 12.2 Å². The summed E-state index contributed by atoms with van der Waals surface area (Å²) in [5, 5.41) is 0. The van der Waals surface area contributed by atoms with Crippen LogP contribution in [0.5, 0.6) is 0 Å². The SMILES string of the molecule is Cc1ccccc1C1CN(c2ncccc2C(F)(F)F)CCO1. The van der Waals surface area contributed by atoms with Crippen LogP contribution in [-0.2, 0) is 10.9 Å². The van der Waals surface area contributed by atoms with E-state index in [1.165, 1.54) is 12.3 Å². The first-order chi connectivity index (χ1) is 11.0. The molecular weight excluding hydrogens is 305 g/mol. The van der Waals surface area contributed by atoms with Gasteiger partial charge in [0.15, 0.2) is 0 Å². The fraction of sp³-hybridized carbons (Fsp3) is 0.353. The van der Waals surface area contributed by atoms with E-state index in [4.69, 9.17) is 4.74 Å². The zero-order chi connectivity index (χ0) is 16.4. The molecule has 3 nitrogen and oxygen atoms in total. The Morgan fingerprint density at radius 2 is 1.96 bits per heavy atom. The van der Waals surface area contributed by atoms with Crippen LogP contribution in [0.15, 0.2) is 42.6 Å². The Morgan fingerprint density at radius 3 is 2.70 bits per heavy atom. The molecule has 1 unspecified atom stereocenters. The molecule has 0 amide bonds. The Hall–Kier alpha value is -2.08. The first-order valence-electron chi connectivity index (χ1n) is 7.41. The van der Waals surface area contributed by atoms with Gasteiger partial charge in [-0.3, -0.25) is 0 Å². The number of hydrogen-bond acceptors (Lipinski definition) is 3. The second kappa shape index (κ2) is 6.20. The van der Waals surface area contributed by atoms with Gasteiger partial charge in [-0.05, 0) is 30.2 Å². The summed E-state index contributed by atoms with van der Waals surface area (Å²) in [6, 6.07) is 10.1. The molecule has 0 radical (unpaired) electrons. The molecule has 23 heavy (non-hydrogen) atoms. The maximum absolute atomic E-state index is 13.2. The molecule has 0 saturated carbocycles. The van der Waals surface area contributed by atoms with Crippen molar-refractivity contribution in [2.24, 2.45) is 0 Å². The van der Waals surface area contributed by atoms with Crippen molar-refractivity contribution in [3.05, 3.63) is 59.3 Å². The number of pyridine rings is 1. The lowest BCUT2D eigenvalue weighted by molar-refractivity contribution is -0.137. The molecule has 0 spiro atoms. The molecule has 1 saturated heterocycles. The monoisotopic (exact) mass is 322 g/mol. The van der Waals surface area contributed by atoms with Crippen molar-refractivity contribution in [1.29, 1.82) is 0 Å². The van der Waals surface area contributed by atoms with Gasteiger partial charge in [0, 0.05) is 19.3 Å². The van der Waals surface area contributed by atoms with Gasteiger partial charge in [-0.15, -0.1) is 0 Å². The number of benzene rings is 1. The number of halogens is 3. The van der Waals surface area contributed by atoms with Crippen LogP contribution >= 0.6 is 0 Å². The van der Waals surface area contributed by atoms with E-state index in [0.717, 1.165) is 17.2 Å². The van der Waals surface area contributed by atoms with Gasteiger partial charge in [0.2, 0.25) is 0 Å². The zero-order valence-corrected chi connectivity index (χ0v) is 12.7. The van der Waals surface area contributed by atoms with Crippen LogP contribution in [0.25, 0.3) is 0 Å². The molecule has 1 atom stereocenters. The Balaban J connectivity index is 1.89. The van der Waals surface area contributed by atoms with Gasteiger partial charge >= 0.3 is 6.18 Å². The van der Waals surface area contributed by atoms with Gasteiger partial charge in [-0.1, -0.05) is 24.3 Å². The third-order valence-corrected chi connectivity index (χ3v) is 3.99. The molecule has 3 rings (SSSR count). The standard InChI is InChI=1S/C17H17F3N2O/c1-12-5-2-3-6-13(12)15-11-22(9-10-23-15)16-14(17(18,19)20)7-4-8-21-16/h2-8,15H,9-11H2,1H3. The van der Waals surface area contributed by atoms with E-state index in [2.05, 4.69) is 4.98 Å². The van der Waals surface area contributed by atoms with E-state index in [1.807, 2.05) is 31.2 Å². The Morgan fingerprint density at radius 1 is 1.17 bits per heavy atom. The average molecular weight is 322 g/mol. The summed E-state index contributed by atoms with van der Waals surface area (Å²) in [4.78, 5) is 5.63. The number of nitrogens with zero attached hydrogens (tertiary/aromatic N) is 2. The van der Waals surface area contributed by atoms with Gasteiger partial charge < -0.3 is 9.64 Å². The third-order valence-electron chi connectivity index (χ3n) is 3.99. The smallest absolute Gasteiger partial charge is 0.370 e. The van der Waals surface area contributed by atoms with Gasteiger partial charge in [0.1, 0.15) is 11.9 Å². The molecule has 1 aromatic heterocycles. The summed E-state index contributed by atoms with van der Waals surface area (Å²) < 4.78 is 45.3. The van der Waals surface area contributed by atoms with Crippen molar-refractivity contribution in [2.45, 2.75) is 19.2 Å². The predicted molar refractivity (Wildman–Crippen MR) is 81.3 cm³/mol. The van der Waals surface area contributed by atoms with Crippen molar-refractivity contribution >= 4 is 5.82 Å². The summed E-state index contributed by atoms with van der Waals surface area (Å²) in [7, 11) is 0. The van der Waals surface area contributed by atoms with E-state index in [-0.39, 0.29) is 11.9 Å². The predicted octanol–water partition coefficient (Wildman–Crippen LogP) is 3.99. The maximum atomic E-state index is 13.2. The molecule has 0 N–H and O–H groups in total. The number of aromatic nitrogens is 1. The first-order valence-corrected chi connectivity index (χ1v) is 7.41. The van der Waals surface area contributed by atoms with Crippen LogP contribution in [0.4, 0.5) is 19.0 Å². The molecule has 2 aromatic rings. The molecule has 1 fully saturated rings. The van der Waals surface area contributed by atoms with Crippen LogP contribution < -0.4 is 4.90 Å². The minimum absolute atomic E-state index is 0.0260. The molecule has 0 aliphatic carbocycles. The Bertz CT molecular complexity index is 688. The highest BCUT2D eigenvalue weighted by Gasteiger charge is 2.37. The fourth-order valence-electron chi connectivity index (χ4n) is 2.85. The summed E-state index contributed by atoms with van der Waals surface area (Å²) in [6.07, 6.45) is -3.28. The van der Waals surface area contributed by atoms with Gasteiger partial charge in [-0.25, -0.2) is 4.98 Å². The zero-order valence-electron chi connectivity index (χ0n) is 12.7. The highest BCUT2D eigenvalue weighted by molar-refractivity contribution is 5.49. The number of ether oxygens (including phenoxy) is 1. The van der Waals surface area contributed by atoms with Gasteiger partial charge in [-0.2, -0.15) is 13.2 Å². The number of alkyl halides is 3. The summed E-state index contributed by atoms with van der Waals surface area (Å²) in [6.45, 7) is 3.08. The van der Waals surface area contributed by atoms with Crippen molar-refractivity contribution in [2.75, 3.05) is 24.6 Å². The molecule has 1 aromatic carbocycles. The van der Waals surface area contributed by atoms with Crippen LogP contribution in [0.1, 0.15) is 22.8 Å². The van der Waals surface area contributed by atoms with E-state index >= 15 is 0 Å². The normalized spacial score (nSPS) is 19.0. The Labute approximate surface area is 132 Å². The Kier molecular flexibility index (Phi) is 4.26. The van der Waals surface area contributed by atoms with Crippen LogP contribution in [0, 0.1) is 6.92 Å². The molecule has 122 valence electrons. The third kappa shape index (κ3) is 3.32. The molecule has 1 aliphatic rings. The van der Waals surface area contributed by atoms with Crippen LogP contribution in [0.3, 0.4) is 0 Å². The van der Waals surface area contributed by atoms with Crippen molar-refractivity contribution in [1.82, 2.24) is 4.98 Å².